The zero-order valence-electron chi connectivity index (χ0n) is 12.0. The van der Waals surface area contributed by atoms with Crippen molar-refractivity contribution >= 4 is 10.0 Å². The van der Waals surface area contributed by atoms with E-state index < -0.39 is 16.4 Å². The van der Waals surface area contributed by atoms with E-state index >= 15 is 0 Å². The highest BCUT2D eigenvalue weighted by atomic mass is 32.2. The fourth-order valence-electron chi connectivity index (χ4n) is 3.04. The summed E-state index contributed by atoms with van der Waals surface area (Å²) < 4.78 is 35.3. The van der Waals surface area contributed by atoms with Crippen LogP contribution in [0, 0.1) is 12.3 Å². The summed E-state index contributed by atoms with van der Waals surface area (Å²) in [5.41, 5.74) is 1.63. The fraction of sp³-hybridized carbons (Fsp3) is 0.571. The quantitative estimate of drug-likeness (QED) is 0.723. The lowest BCUT2D eigenvalue weighted by atomic mass is 9.89. The van der Waals surface area contributed by atoms with Crippen LogP contribution in [0.5, 0.6) is 0 Å². The molecule has 3 nitrogen and oxygen atoms in total. The lowest BCUT2D eigenvalue weighted by molar-refractivity contribution is 0.358. The van der Waals surface area contributed by atoms with Gasteiger partial charge in [-0.25, -0.2) is 8.42 Å². The highest BCUT2D eigenvalue weighted by molar-refractivity contribution is 7.89. The van der Waals surface area contributed by atoms with Crippen LogP contribution >= 0.6 is 0 Å². The monoisotopic (exact) mass is 266 g/mol. The van der Waals surface area contributed by atoms with Crippen LogP contribution in [0.15, 0.2) is 23.1 Å². The molecule has 2 heterocycles. The van der Waals surface area contributed by atoms with Crippen molar-refractivity contribution in [1.82, 2.24) is 4.31 Å². The second-order valence-corrected chi connectivity index (χ2v) is 8.05. The molecule has 1 fully saturated rings. The van der Waals surface area contributed by atoms with E-state index in [9.17, 15) is 8.42 Å². The van der Waals surface area contributed by atoms with Gasteiger partial charge in [-0.05, 0) is 36.8 Å². The van der Waals surface area contributed by atoms with E-state index in [1.54, 1.807) is 10.4 Å². The van der Waals surface area contributed by atoms with Crippen molar-refractivity contribution in [3.05, 3.63) is 29.3 Å². The van der Waals surface area contributed by atoms with Crippen LogP contribution in [0.3, 0.4) is 0 Å². The Labute approximate surface area is 110 Å². The molecule has 0 radical (unpaired) electrons. The minimum Gasteiger partial charge on any atom is -0.207 e. The minimum absolute atomic E-state index is 0.0475. The maximum absolute atomic E-state index is 12.7. The number of hydrogen-bond donors (Lipinski definition) is 0. The normalized spacial score (nSPS) is 33.6. The standard InChI is InChI=1S/C14H19NO2S/c1-10-4-5-13-11(6-10)7-12-8-14(2,3)9-15(12)18(13,16)17/h4-6,12H,7-9H2,1-3H3/i7D. The summed E-state index contributed by atoms with van der Waals surface area (Å²) in [4.78, 5) is 0.326. The van der Waals surface area contributed by atoms with Gasteiger partial charge in [0, 0.05) is 14.0 Å². The van der Waals surface area contributed by atoms with Gasteiger partial charge in [0.15, 0.2) is 0 Å². The summed E-state index contributed by atoms with van der Waals surface area (Å²) in [5, 5.41) is 0. The van der Waals surface area contributed by atoms with Gasteiger partial charge in [0.05, 0.1) is 4.90 Å². The van der Waals surface area contributed by atoms with E-state index in [2.05, 4.69) is 13.8 Å². The van der Waals surface area contributed by atoms with Gasteiger partial charge in [-0.2, -0.15) is 4.31 Å². The molecular weight excluding hydrogens is 246 g/mol. The number of nitrogens with zero attached hydrogens (tertiary/aromatic N) is 1. The highest BCUT2D eigenvalue weighted by Crippen LogP contribution is 2.42. The van der Waals surface area contributed by atoms with Crippen molar-refractivity contribution in [2.75, 3.05) is 6.54 Å². The molecule has 18 heavy (non-hydrogen) atoms. The van der Waals surface area contributed by atoms with Gasteiger partial charge < -0.3 is 0 Å². The summed E-state index contributed by atoms with van der Waals surface area (Å²) in [6, 6.07) is 5.11. The predicted molar refractivity (Wildman–Crippen MR) is 71.0 cm³/mol. The Hall–Kier alpha value is -0.870. The molecule has 0 amide bonds. The van der Waals surface area contributed by atoms with Crippen LogP contribution in [0.25, 0.3) is 0 Å². The van der Waals surface area contributed by atoms with Gasteiger partial charge in [-0.1, -0.05) is 31.5 Å². The molecule has 4 heteroatoms. The molecule has 3 rings (SSSR count). The van der Waals surface area contributed by atoms with E-state index in [-0.39, 0.29) is 11.5 Å². The van der Waals surface area contributed by atoms with Crippen LogP contribution in [-0.2, 0) is 16.4 Å². The van der Waals surface area contributed by atoms with E-state index in [1.165, 1.54) is 0 Å². The lowest BCUT2D eigenvalue weighted by Gasteiger charge is -2.30. The van der Waals surface area contributed by atoms with Crippen molar-refractivity contribution in [1.29, 1.82) is 0 Å². The fourth-order valence-corrected chi connectivity index (χ4v) is 4.97. The van der Waals surface area contributed by atoms with E-state index in [4.69, 9.17) is 1.37 Å². The lowest BCUT2D eigenvalue weighted by Crippen LogP contribution is -2.41. The molecule has 1 saturated heterocycles. The van der Waals surface area contributed by atoms with Gasteiger partial charge in [-0.3, -0.25) is 0 Å². The van der Waals surface area contributed by atoms with Gasteiger partial charge in [0.2, 0.25) is 10.0 Å². The first kappa shape index (κ1) is 11.0. The Kier molecular flexibility index (Phi) is 2.19. The van der Waals surface area contributed by atoms with Crippen LogP contribution in [0.2, 0.25) is 0 Å². The highest BCUT2D eigenvalue weighted by Gasteiger charge is 2.47. The van der Waals surface area contributed by atoms with Crippen molar-refractivity contribution in [2.45, 2.75) is 44.5 Å². The number of sulfonamides is 1. The summed E-state index contributed by atoms with van der Waals surface area (Å²) in [6.07, 6.45) is 0.286. The molecule has 0 spiro atoms. The molecule has 0 saturated carbocycles. The van der Waals surface area contributed by atoms with Crippen molar-refractivity contribution < 1.29 is 9.79 Å². The molecule has 0 aromatic heterocycles. The van der Waals surface area contributed by atoms with Crippen LogP contribution in [-0.4, -0.2) is 25.3 Å². The summed E-state index contributed by atoms with van der Waals surface area (Å²) in [7, 11) is -3.43. The Morgan fingerprint density at radius 2 is 2.17 bits per heavy atom. The average Bonchev–Trinajstić information content (AvgIpc) is 2.63. The van der Waals surface area contributed by atoms with Crippen LogP contribution in [0.4, 0.5) is 0 Å². The maximum atomic E-state index is 12.7. The first-order valence-electron chi connectivity index (χ1n) is 6.85. The average molecular weight is 266 g/mol. The number of aryl methyl sites for hydroxylation is 1. The summed E-state index contributed by atoms with van der Waals surface area (Å²) in [5.74, 6) is 0. The molecule has 0 aliphatic carbocycles. The molecule has 2 unspecified atom stereocenters. The Bertz CT molecular complexity index is 639. The Morgan fingerprint density at radius 1 is 1.44 bits per heavy atom. The molecule has 2 aliphatic heterocycles. The third-order valence-corrected chi connectivity index (χ3v) is 5.78. The van der Waals surface area contributed by atoms with Crippen LogP contribution in [0.1, 0.15) is 32.8 Å². The Balaban J connectivity index is 2.20. The number of rotatable bonds is 0. The number of fused-ring (bicyclic) bond motifs is 2. The summed E-state index contributed by atoms with van der Waals surface area (Å²) in [6.45, 7) is 6.60. The second kappa shape index (κ2) is 3.58. The molecule has 2 aliphatic rings. The van der Waals surface area contributed by atoms with E-state index in [1.807, 2.05) is 19.1 Å². The molecule has 0 bridgehead atoms. The van der Waals surface area contributed by atoms with Gasteiger partial charge >= 0.3 is 0 Å². The third-order valence-electron chi connectivity index (χ3n) is 3.84. The third kappa shape index (κ3) is 1.70. The topological polar surface area (TPSA) is 37.4 Å². The first-order valence-corrected chi connectivity index (χ1v) is 7.71. The first-order chi connectivity index (χ1) is 8.72. The van der Waals surface area contributed by atoms with E-state index in [0.29, 0.717) is 17.0 Å². The maximum Gasteiger partial charge on any atom is 0.243 e. The Morgan fingerprint density at radius 3 is 2.89 bits per heavy atom. The number of benzene rings is 1. The van der Waals surface area contributed by atoms with Gasteiger partial charge in [0.25, 0.3) is 0 Å². The molecular formula is C14H19NO2S. The number of hydrogen-bond acceptors (Lipinski definition) is 2. The molecule has 98 valence electrons. The zero-order chi connectivity index (χ0) is 14.0. The molecule has 1 aromatic rings. The molecule has 1 aromatic carbocycles. The van der Waals surface area contributed by atoms with Crippen molar-refractivity contribution in [3.8, 4) is 0 Å². The van der Waals surface area contributed by atoms with Crippen LogP contribution < -0.4 is 0 Å². The second-order valence-electron chi connectivity index (χ2n) is 6.19. The van der Waals surface area contributed by atoms with Gasteiger partial charge in [0.1, 0.15) is 0 Å². The molecule has 0 N–H and O–H groups in total. The SMILES string of the molecule is [2H]C1c2cc(C)ccc2S(=O)(=O)N2CC(C)(C)CC12. The van der Waals surface area contributed by atoms with E-state index in [0.717, 1.165) is 12.0 Å². The smallest absolute Gasteiger partial charge is 0.207 e. The van der Waals surface area contributed by atoms with Crippen molar-refractivity contribution in [2.24, 2.45) is 5.41 Å². The minimum atomic E-state index is -3.43. The zero-order valence-corrected chi connectivity index (χ0v) is 11.8. The molecule has 2 atom stereocenters. The predicted octanol–water partition coefficient (Wildman–Crippen LogP) is 2.34. The van der Waals surface area contributed by atoms with Gasteiger partial charge in [-0.15, -0.1) is 0 Å². The van der Waals surface area contributed by atoms with Crippen molar-refractivity contribution in [3.63, 3.8) is 0 Å². The largest absolute Gasteiger partial charge is 0.243 e. The summed E-state index contributed by atoms with van der Waals surface area (Å²) >= 11 is 0.